The van der Waals surface area contributed by atoms with E-state index in [9.17, 15) is 9.90 Å². The Kier molecular flexibility index (Phi) is 4.18. The SMILES string of the molecule is C[C@@H](Cc1ccccc1)NC(=O)c1ccccc1O. The summed E-state index contributed by atoms with van der Waals surface area (Å²) >= 11 is 0. The van der Waals surface area contributed by atoms with Gasteiger partial charge in [-0.25, -0.2) is 0 Å². The van der Waals surface area contributed by atoms with E-state index < -0.39 is 0 Å². The van der Waals surface area contributed by atoms with Crippen molar-refractivity contribution in [2.45, 2.75) is 19.4 Å². The molecule has 0 spiro atoms. The number of benzene rings is 2. The first-order valence-electron chi connectivity index (χ1n) is 6.29. The number of hydrogen-bond donors (Lipinski definition) is 2. The average molecular weight is 255 g/mol. The Labute approximate surface area is 112 Å². The number of aromatic hydroxyl groups is 1. The Morgan fingerprint density at radius 3 is 2.42 bits per heavy atom. The van der Waals surface area contributed by atoms with Crippen molar-refractivity contribution >= 4 is 5.91 Å². The van der Waals surface area contributed by atoms with Crippen LogP contribution in [-0.4, -0.2) is 17.1 Å². The van der Waals surface area contributed by atoms with E-state index in [4.69, 9.17) is 0 Å². The van der Waals surface area contributed by atoms with Crippen LogP contribution in [0.25, 0.3) is 0 Å². The second kappa shape index (κ2) is 6.05. The van der Waals surface area contributed by atoms with Crippen LogP contribution in [0.4, 0.5) is 0 Å². The largest absolute Gasteiger partial charge is 0.507 e. The summed E-state index contributed by atoms with van der Waals surface area (Å²) in [6, 6.07) is 16.5. The molecular formula is C16H17NO2. The molecule has 2 aromatic rings. The van der Waals surface area contributed by atoms with Crippen molar-refractivity contribution in [2.24, 2.45) is 0 Å². The number of rotatable bonds is 4. The Hall–Kier alpha value is -2.29. The van der Waals surface area contributed by atoms with E-state index in [-0.39, 0.29) is 17.7 Å². The molecule has 0 aromatic heterocycles. The lowest BCUT2D eigenvalue weighted by atomic mass is 10.1. The van der Waals surface area contributed by atoms with E-state index in [0.29, 0.717) is 5.56 Å². The van der Waals surface area contributed by atoms with E-state index in [0.717, 1.165) is 6.42 Å². The van der Waals surface area contributed by atoms with Gasteiger partial charge in [-0.3, -0.25) is 4.79 Å². The minimum absolute atomic E-state index is 0.00640. The van der Waals surface area contributed by atoms with Crippen LogP contribution in [0.1, 0.15) is 22.8 Å². The van der Waals surface area contributed by atoms with E-state index in [2.05, 4.69) is 5.32 Å². The molecule has 0 bridgehead atoms. The summed E-state index contributed by atoms with van der Waals surface area (Å²) < 4.78 is 0. The number of para-hydroxylation sites is 1. The van der Waals surface area contributed by atoms with Crippen molar-refractivity contribution in [1.82, 2.24) is 5.32 Å². The Balaban J connectivity index is 1.98. The van der Waals surface area contributed by atoms with Gasteiger partial charge in [-0.1, -0.05) is 42.5 Å². The van der Waals surface area contributed by atoms with E-state index in [1.54, 1.807) is 18.2 Å². The van der Waals surface area contributed by atoms with Gasteiger partial charge in [0.05, 0.1) is 5.56 Å². The van der Waals surface area contributed by atoms with Crippen molar-refractivity contribution in [3.05, 3.63) is 65.7 Å². The van der Waals surface area contributed by atoms with Crippen LogP contribution in [0.3, 0.4) is 0 Å². The van der Waals surface area contributed by atoms with Gasteiger partial charge in [0.1, 0.15) is 5.75 Å². The average Bonchev–Trinajstić information content (AvgIpc) is 2.40. The van der Waals surface area contributed by atoms with E-state index in [1.165, 1.54) is 11.6 Å². The Bertz CT molecular complexity index is 552. The van der Waals surface area contributed by atoms with Gasteiger partial charge in [0.25, 0.3) is 5.91 Å². The zero-order valence-corrected chi connectivity index (χ0v) is 10.8. The fraction of sp³-hybridized carbons (Fsp3) is 0.188. The molecule has 0 aliphatic carbocycles. The Morgan fingerprint density at radius 1 is 1.11 bits per heavy atom. The molecule has 0 aliphatic rings. The van der Waals surface area contributed by atoms with Crippen LogP contribution in [0.2, 0.25) is 0 Å². The fourth-order valence-corrected chi connectivity index (χ4v) is 1.99. The predicted octanol–water partition coefficient (Wildman–Crippen LogP) is 2.75. The van der Waals surface area contributed by atoms with Gasteiger partial charge in [0, 0.05) is 6.04 Å². The minimum atomic E-state index is -0.249. The number of phenols is 1. The first kappa shape index (κ1) is 13.1. The van der Waals surface area contributed by atoms with Crippen LogP contribution < -0.4 is 5.32 Å². The maximum atomic E-state index is 12.0. The quantitative estimate of drug-likeness (QED) is 0.882. The maximum Gasteiger partial charge on any atom is 0.255 e. The van der Waals surface area contributed by atoms with Gasteiger partial charge in [-0.2, -0.15) is 0 Å². The highest BCUT2D eigenvalue weighted by Gasteiger charge is 2.13. The van der Waals surface area contributed by atoms with Crippen LogP contribution >= 0.6 is 0 Å². The molecule has 98 valence electrons. The van der Waals surface area contributed by atoms with Gasteiger partial charge in [0.2, 0.25) is 0 Å². The molecule has 19 heavy (non-hydrogen) atoms. The molecule has 0 saturated carbocycles. The van der Waals surface area contributed by atoms with Crippen molar-refractivity contribution in [3.8, 4) is 5.75 Å². The van der Waals surface area contributed by atoms with Gasteiger partial charge < -0.3 is 10.4 Å². The third kappa shape index (κ3) is 3.58. The Morgan fingerprint density at radius 2 is 1.74 bits per heavy atom. The summed E-state index contributed by atoms with van der Waals surface area (Å²) in [4.78, 5) is 12.0. The van der Waals surface area contributed by atoms with Gasteiger partial charge in [-0.15, -0.1) is 0 Å². The van der Waals surface area contributed by atoms with Crippen molar-refractivity contribution < 1.29 is 9.90 Å². The first-order chi connectivity index (χ1) is 9.16. The molecule has 2 aromatic carbocycles. The molecule has 3 nitrogen and oxygen atoms in total. The first-order valence-corrected chi connectivity index (χ1v) is 6.29. The highest BCUT2D eigenvalue weighted by atomic mass is 16.3. The maximum absolute atomic E-state index is 12.0. The van der Waals surface area contributed by atoms with Crippen LogP contribution in [0.15, 0.2) is 54.6 Å². The number of hydrogen-bond acceptors (Lipinski definition) is 2. The van der Waals surface area contributed by atoms with Crippen molar-refractivity contribution in [2.75, 3.05) is 0 Å². The number of nitrogens with one attached hydrogen (secondary N) is 1. The van der Waals surface area contributed by atoms with Gasteiger partial charge >= 0.3 is 0 Å². The molecule has 0 aliphatic heterocycles. The molecular weight excluding hydrogens is 238 g/mol. The molecule has 0 radical (unpaired) electrons. The summed E-state index contributed by atoms with van der Waals surface area (Å²) in [5, 5.41) is 12.5. The lowest BCUT2D eigenvalue weighted by Gasteiger charge is -2.14. The molecule has 0 fully saturated rings. The standard InChI is InChI=1S/C16H17NO2/c1-12(11-13-7-3-2-4-8-13)17-16(19)14-9-5-6-10-15(14)18/h2-10,12,18H,11H2,1H3,(H,17,19)/t12-/m0/s1. The molecule has 0 unspecified atom stereocenters. The lowest BCUT2D eigenvalue weighted by Crippen LogP contribution is -2.34. The predicted molar refractivity (Wildman–Crippen MR) is 75.2 cm³/mol. The van der Waals surface area contributed by atoms with Crippen molar-refractivity contribution in [1.29, 1.82) is 0 Å². The zero-order valence-electron chi connectivity index (χ0n) is 10.8. The number of phenolic OH excluding ortho intramolecular Hbond substituents is 1. The smallest absolute Gasteiger partial charge is 0.255 e. The van der Waals surface area contributed by atoms with Crippen LogP contribution in [0, 0.1) is 0 Å². The molecule has 0 saturated heterocycles. The number of carbonyl (C=O) groups is 1. The third-order valence-electron chi connectivity index (χ3n) is 2.91. The zero-order chi connectivity index (χ0) is 13.7. The summed E-state index contributed by atoms with van der Waals surface area (Å²) in [7, 11) is 0. The van der Waals surface area contributed by atoms with E-state index >= 15 is 0 Å². The summed E-state index contributed by atoms with van der Waals surface area (Å²) in [5.74, 6) is -0.242. The molecule has 1 amide bonds. The summed E-state index contributed by atoms with van der Waals surface area (Å²) in [6.07, 6.45) is 0.764. The summed E-state index contributed by atoms with van der Waals surface area (Å²) in [6.45, 7) is 1.95. The normalized spacial score (nSPS) is 11.8. The summed E-state index contributed by atoms with van der Waals surface area (Å²) in [5.41, 5.74) is 1.48. The number of carbonyl (C=O) groups excluding carboxylic acids is 1. The second-order valence-corrected chi connectivity index (χ2v) is 4.58. The van der Waals surface area contributed by atoms with Gasteiger partial charge in [-0.05, 0) is 31.0 Å². The molecule has 3 heteroatoms. The molecule has 1 atom stereocenters. The second-order valence-electron chi connectivity index (χ2n) is 4.58. The van der Waals surface area contributed by atoms with Crippen LogP contribution in [-0.2, 0) is 6.42 Å². The molecule has 0 heterocycles. The minimum Gasteiger partial charge on any atom is -0.507 e. The molecule has 2 rings (SSSR count). The highest BCUT2D eigenvalue weighted by Crippen LogP contribution is 2.15. The topological polar surface area (TPSA) is 49.3 Å². The monoisotopic (exact) mass is 255 g/mol. The van der Waals surface area contributed by atoms with E-state index in [1.807, 2.05) is 37.3 Å². The lowest BCUT2D eigenvalue weighted by molar-refractivity contribution is 0.0937. The fourth-order valence-electron chi connectivity index (χ4n) is 1.99. The van der Waals surface area contributed by atoms with Crippen molar-refractivity contribution in [3.63, 3.8) is 0 Å². The van der Waals surface area contributed by atoms with Gasteiger partial charge in [0.15, 0.2) is 0 Å². The third-order valence-corrected chi connectivity index (χ3v) is 2.91. The van der Waals surface area contributed by atoms with Crippen LogP contribution in [0.5, 0.6) is 5.75 Å². The number of amides is 1. The highest BCUT2D eigenvalue weighted by molar-refractivity contribution is 5.96. The molecule has 2 N–H and O–H groups in total.